The second-order valence-corrected chi connectivity index (χ2v) is 11.2. The number of fused-ring (bicyclic) bond motifs is 5. The molecule has 4 rings (SSSR count). The van der Waals surface area contributed by atoms with Crippen molar-refractivity contribution in [2.24, 2.45) is 34.5 Å². The lowest BCUT2D eigenvalue weighted by Crippen LogP contribution is -2.68. The molecule has 0 aromatic rings. The third-order valence-corrected chi connectivity index (χ3v) is 9.63. The van der Waals surface area contributed by atoms with Crippen molar-refractivity contribution in [3.05, 3.63) is 0 Å². The molecule has 0 bridgehead atoms. The van der Waals surface area contributed by atoms with E-state index in [4.69, 9.17) is 14.2 Å². The van der Waals surface area contributed by atoms with Gasteiger partial charge in [-0.25, -0.2) is 0 Å². The van der Waals surface area contributed by atoms with Crippen molar-refractivity contribution >= 4 is 23.7 Å². The normalized spacial score (nSPS) is 46.4. The highest BCUT2D eigenvalue weighted by molar-refractivity contribution is 5.87. The zero-order chi connectivity index (χ0) is 24.3. The number of carbonyl (C=O) groups is 4. The van der Waals surface area contributed by atoms with Gasteiger partial charge in [0.1, 0.15) is 23.6 Å². The molecular weight excluding hydrogens is 428 g/mol. The molecule has 0 spiro atoms. The number of ketones is 1. The number of hydrogen-bond donors (Lipinski definition) is 1. The Kier molecular flexibility index (Phi) is 5.91. The summed E-state index contributed by atoms with van der Waals surface area (Å²) in [5, 5.41) is 12.4. The Labute approximate surface area is 194 Å². The van der Waals surface area contributed by atoms with Crippen molar-refractivity contribution in [3.63, 3.8) is 0 Å². The van der Waals surface area contributed by atoms with Crippen molar-refractivity contribution in [1.29, 1.82) is 0 Å². The van der Waals surface area contributed by atoms with Gasteiger partial charge in [0, 0.05) is 43.9 Å². The standard InChI is InChI=1S/C25H36O8/c1-13(26)32-16-8-9-23(3)15(10-16)6-7-17-21(23)19(28)12-24(4)18(22(29)31-5)11-20(25(17,24)30)33-14(2)27/h15-18,20-21,30H,6-12H2,1-5H3/t15-,16-,17-,18+,20+,21-,23+,24+,25-/m1/s1. The molecule has 0 saturated heterocycles. The molecule has 1 N–H and O–H groups in total. The topological polar surface area (TPSA) is 116 Å². The average molecular weight is 465 g/mol. The van der Waals surface area contributed by atoms with Crippen molar-refractivity contribution < 1.29 is 38.5 Å². The lowest BCUT2D eigenvalue weighted by molar-refractivity contribution is -0.235. The first-order valence-electron chi connectivity index (χ1n) is 12.1. The highest BCUT2D eigenvalue weighted by atomic mass is 16.6. The van der Waals surface area contributed by atoms with Gasteiger partial charge in [0.15, 0.2) is 0 Å². The van der Waals surface area contributed by atoms with Crippen molar-refractivity contribution in [2.75, 3.05) is 7.11 Å². The summed E-state index contributed by atoms with van der Waals surface area (Å²) in [5.74, 6) is -2.60. The highest BCUT2D eigenvalue weighted by Gasteiger charge is 2.75. The van der Waals surface area contributed by atoms with Crippen LogP contribution in [0.15, 0.2) is 0 Å². The van der Waals surface area contributed by atoms with Crippen LogP contribution in [-0.2, 0) is 33.4 Å². The molecule has 0 aromatic carbocycles. The third kappa shape index (κ3) is 3.43. The van der Waals surface area contributed by atoms with E-state index in [9.17, 15) is 24.3 Å². The number of ether oxygens (including phenoxy) is 3. The summed E-state index contributed by atoms with van der Waals surface area (Å²) < 4.78 is 16.1. The SMILES string of the molecule is COC(=O)[C@@H]1C[C@H](OC(C)=O)[C@]2(O)[C@@H]3CC[C@@H]4C[C@H](OC(C)=O)CC[C@]4(C)[C@H]3C(=O)C[C@@]12C. The lowest BCUT2D eigenvalue weighted by Gasteiger charge is -2.62. The van der Waals surface area contributed by atoms with Gasteiger partial charge in [0.25, 0.3) is 0 Å². The molecule has 4 fully saturated rings. The van der Waals surface area contributed by atoms with Crippen molar-refractivity contribution in [1.82, 2.24) is 0 Å². The quantitative estimate of drug-likeness (QED) is 0.500. The molecule has 8 nitrogen and oxygen atoms in total. The van der Waals surface area contributed by atoms with Gasteiger partial charge in [-0.2, -0.15) is 0 Å². The Balaban J connectivity index is 1.72. The minimum Gasteiger partial charge on any atom is -0.469 e. The molecule has 0 radical (unpaired) electrons. The Hall–Kier alpha value is -1.96. The van der Waals surface area contributed by atoms with Gasteiger partial charge in [-0.05, 0) is 43.4 Å². The molecule has 184 valence electrons. The number of Topliss-reactive ketones (excluding diaryl/α,β-unsaturated/α-hetero) is 1. The number of rotatable bonds is 3. The van der Waals surface area contributed by atoms with Gasteiger partial charge in [0.2, 0.25) is 0 Å². The first-order valence-corrected chi connectivity index (χ1v) is 12.1. The van der Waals surface area contributed by atoms with E-state index in [0.717, 1.165) is 6.42 Å². The van der Waals surface area contributed by atoms with Crippen LogP contribution in [0.3, 0.4) is 0 Å². The smallest absolute Gasteiger partial charge is 0.309 e. The van der Waals surface area contributed by atoms with E-state index in [-0.39, 0.29) is 42.0 Å². The number of esters is 3. The van der Waals surface area contributed by atoms with Crippen molar-refractivity contribution in [2.45, 2.75) is 90.4 Å². The van der Waals surface area contributed by atoms with Crippen molar-refractivity contribution in [3.8, 4) is 0 Å². The van der Waals surface area contributed by atoms with Crippen LogP contribution in [0.5, 0.6) is 0 Å². The molecule has 0 aromatic heterocycles. The Bertz CT molecular complexity index is 868. The second kappa shape index (κ2) is 8.07. The highest BCUT2D eigenvalue weighted by Crippen LogP contribution is 2.68. The van der Waals surface area contributed by atoms with Crippen LogP contribution in [0, 0.1) is 34.5 Å². The number of aliphatic hydroxyl groups is 1. The molecule has 4 aliphatic carbocycles. The van der Waals surface area contributed by atoms with Gasteiger partial charge in [-0.1, -0.05) is 13.8 Å². The molecular formula is C25H36O8. The van der Waals surface area contributed by atoms with E-state index in [1.54, 1.807) is 6.92 Å². The minimum atomic E-state index is -1.50. The van der Waals surface area contributed by atoms with Crippen LogP contribution in [0.25, 0.3) is 0 Å². The Morgan fingerprint density at radius 3 is 2.27 bits per heavy atom. The zero-order valence-corrected chi connectivity index (χ0v) is 20.2. The van der Waals surface area contributed by atoms with Crippen LogP contribution in [0.2, 0.25) is 0 Å². The molecule has 0 unspecified atom stereocenters. The summed E-state index contributed by atoms with van der Waals surface area (Å²) in [4.78, 5) is 49.9. The first kappa shape index (κ1) is 24.2. The van der Waals surface area contributed by atoms with E-state index < -0.39 is 46.8 Å². The largest absolute Gasteiger partial charge is 0.469 e. The predicted octanol–water partition coefficient (Wildman–Crippen LogP) is 2.59. The first-order chi connectivity index (χ1) is 15.4. The molecule has 33 heavy (non-hydrogen) atoms. The number of methoxy groups -OCH3 is 1. The molecule has 8 heteroatoms. The molecule has 0 aliphatic heterocycles. The maximum Gasteiger partial charge on any atom is 0.309 e. The fourth-order valence-electron chi connectivity index (χ4n) is 8.19. The van der Waals surface area contributed by atoms with Gasteiger partial charge in [0.05, 0.1) is 13.0 Å². The van der Waals surface area contributed by atoms with Crippen LogP contribution >= 0.6 is 0 Å². The molecule has 4 aliphatic rings. The molecule has 9 atom stereocenters. The average Bonchev–Trinajstić information content (AvgIpc) is 2.94. The van der Waals surface area contributed by atoms with E-state index in [1.165, 1.54) is 21.0 Å². The summed E-state index contributed by atoms with van der Waals surface area (Å²) in [6.45, 7) is 6.61. The van der Waals surface area contributed by atoms with Gasteiger partial charge in [-0.15, -0.1) is 0 Å². The minimum absolute atomic E-state index is 0.0396. The molecule has 0 amide bonds. The zero-order valence-electron chi connectivity index (χ0n) is 20.2. The fraction of sp³-hybridized carbons (Fsp3) is 0.840. The third-order valence-electron chi connectivity index (χ3n) is 9.63. The van der Waals surface area contributed by atoms with Crippen LogP contribution in [-0.4, -0.2) is 53.7 Å². The van der Waals surface area contributed by atoms with Crippen LogP contribution in [0.4, 0.5) is 0 Å². The van der Waals surface area contributed by atoms with E-state index in [0.29, 0.717) is 25.7 Å². The van der Waals surface area contributed by atoms with E-state index >= 15 is 0 Å². The summed E-state index contributed by atoms with van der Waals surface area (Å²) >= 11 is 0. The maximum absolute atomic E-state index is 13.8. The number of carbonyl (C=O) groups excluding carboxylic acids is 4. The van der Waals surface area contributed by atoms with E-state index in [1.807, 2.05) is 0 Å². The van der Waals surface area contributed by atoms with Gasteiger partial charge >= 0.3 is 17.9 Å². The number of hydrogen-bond acceptors (Lipinski definition) is 8. The second-order valence-electron chi connectivity index (χ2n) is 11.2. The maximum atomic E-state index is 13.8. The van der Waals surface area contributed by atoms with Crippen LogP contribution in [0.1, 0.15) is 72.6 Å². The van der Waals surface area contributed by atoms with Gasteiger partial charge < -0.3 is 19.3 Å². The summed E-state index contributed by atoms with van der Waals surface area (Å²) in [7, 11) is 1.30. The van der Waals surface area contributed by atoms with Gasteiger partial charge in [-0.3, -0.25) is 19.2 Å². The Morgan fingerprint density at radius 1 is 1.00 bits per heavy atom. The Morgan fingerprint density at radius 2 is 1.67 bits per heavy atom. The summed E-state index contributed by atoms with van der Waals surface area (Å²) in [6.07, 6.45) is 2.63. The fourth-order valence-corrected chi connectivity index (χ4v) is 8.19. The lowest BCUT2D eigenvalue weighted by atomic mass is 9.42. The summed E-state index contributed by atoms with van der Waals surface area (Å²) in [5.41, 5.74) is -2.93. The van der Waals surface area contributed by atoms with E-state index in [2.05, 4.69) is 6.92 Å². The summed E-state index contributed by atoms with van der Waals surface area (Å²) in [6, 6.07) is 0. The molecule has 4 saturated carbocycles. The predicted molar refractivity (Wildman–Crippen MR) is 116 cm³/mol. The monoisotopic (exact) mass is 464 g/mol. The van der Waals surface area contributed by atoms with Crippen LogP contribution < -0.4 is 0 Å². The molecule has 0 heterocycles.